The molecule has 0 bridgehead atoms. The van der Waals surface area contributed by atoms with Crippen molar-refractivity contribution in [3.05, 3.63) is 23.8 Å². The lowest BCUT2D eigenvalue weighted by Crippen LogP contribution is -2.30. The Hall–Kier alpha value is -0.560. The van der Waals surface area contributed by atoms with Crippen LogP contribution in [-0.2, 0) is 4.52 Å². The second-order valence-electron chi connectivity index (χ2n) is 16.3. The van der Waals surface area contributed by atoms with Crippen LogP contribution in [0, 0.1) is 18.8 Å². The first-order valence-electron chi connectivity index (χ1n) is 25.6. The van der Waals surface area contributed by atoms with Crippen molar-refractivity contribution >= 4 is 30.1 Å². The van der Waals surface area contributed by atoms with Gasteiger partial charge in [0.05, 0.1) is 25.3 Å². The summed E-state index contributed by atoms with van der Waals surface area (Å²) in [6.07, 6.45) is 34.6. The molecular formula is C51H108N5OPS. The van der Waals surface area contributed by atoms with Gasteiger partial charge in [-0.05, 0) is 107 Å². The molecule has 354 valence electrons. The number of nitrogens with zero attached hydrogens (tertiary/aromatic N) is 1. The highest BCUT2D eigenvalue weighted by Crippen LogP contribution is 2.52. The van der Waals surface area contributed by atoms with Gasteiger partial charge < -0.3 is 25.9 Å². The molecule has 0 aromatic heterocycles. The van der Waals surface area contributed by atoms with E-state index in [2.05, 4.69) is 70.5 Å². The van der Waals surface area contributed by atoms with E-state index < -0.39 is 0 Å². The average Bonchev–Trinajstić information content (AvgIpc) is 3.25. The number of hydrazine groups is 1. The minimum atomic E-state index is -0.251. The monoisotopic (exact) mass is 870 g/mol. The van der Waals surface area contributed by atoms with E-state index in [1.807, 2.05) is 45.9 Å². The first kappa shape index (κ1) is 62.7. The first-order chi connectivity index (χ1) is 28.8. The smallest absolute Gasteiger partial charge is 0.0887 e. The average molecular weight is 870 g/mol. The van der Waals surface area contributed by atoms with Crippen molar-refractivity contribution in [2.45, 2.75) is 230 Å². The van der Waals surface area contributed by atoms with Gasteiger partial charge in [0.15, 0.2) is 0 Å². The van der Waals surface area contributed by atoms with E-state index in [4.69, 9.17) is 16.1 Å². The Morgan fingerprint density at radius 3 is 1.56 bits per heavy atom. The lowest BCUT2D eigenvalue weighted by Gasteiger charge is -2.22. The van der Waals surface area contributed by atoms with Gasteiger partial charge in [0.2, 0.25) is 0 Å². The Morgan fingerprint density at radius 2 is 1.08 bits per heavy atom. The largest absolute Gasteiger partial charge is 0.397 e. The van der Waals surface area contributed by atoms with Gasteiger partial charge in [-0.15, -0.1) is 11.4 Å². The van der Waals surface area contributed by atoms with Crippen LogP contribution in [0.3, 0.4) is 0 Å². The van der Waals surface area contributed by atoms with Crippen molar-refractivity contribution in [1.29, 1.82) is 0 Å². The summed E-state index contributed by atoms with van der Waals surface area (Å²) in [5.41, 5.74) is 8.56. The number of benzene rings is 1. The maximum Gasteiger partial charge on any atom is 0.0887 e. The fourth-order valence-corrected chi connectivity index (χ4v) is 10.4. The number of unbranched alkanes of at least 4 members (excludes halogenated alkanes) is 14. The molecule has 1 aromatic carbocycles. The summed E-state index contributed by atoms with van der Waals surface area (Å²) in [7, 11) is -0.251. The van der Waals surface area contributed by atoms with Crippen molar-refractivity contribution in [2.75, 3.05) is 62.0 Å². The SMILES string of the molecule is CC.CCCCC(CC)CCP(OCC(CC)CCCC)SCC.CCCCCCCCCCCCCCNCCCNCCCC.CCN(N)c1ccc(C)cc1N. The minimum absolute atomic E-state index is 0.251. The number of rotatable bonds is 38. The standard InChI is InChI=1S/C21H46N2.C19H41OPS.C9H15N3.C2H6/c1-3-5-7-8-9-10-11-12-13-14-15-16-19-23-21-17-20-22-18-6-4-2;1-6-11-13-18(8-3)15-16-21(22-10-5)20-17-19(9-4)14-12-7-2;1-3-12(11)9-5-4-7(2)6-8(9)10;1-2/h22-23H,3-21H2,1-2H3;18-19H,6-17H2,1-5H3;4-6H,3,10-11H2,1-2H3;1-2H3. The van der Waals surface area contributed by atoms with Crippen LogP contribution in [0.2, 0.25) is 0 Å². The topological polar surface area (TPSA) is 88.6 Å². The van der Waals surface area contributed by atoms with Crippen molar-refractivity contribution in [3.63, 3.8) is 0 Å². The molecule has 0 heterocycles. The molecule has 0 saturated carbocycles. The molecule has 3 unspecified atom stereocenters. The predicted molar refractivity (Wildman–Crippen MR) is 278 cm³/mol. The zero-order valence-corrected chi connectivity index (χ0v) is 43.6. The number of aryl methyl sites for hydroxylation is 1. The molecule has 8 heteroatoms. The van der Waals surface area contributed by atoms with Crippen LogP contribution < -0.4 is 27.2 Å². The Morgan fingerprint density at radius 1 is 0.610 bits per heavy atom. The van der Waals surface area contributed by atoms with Gasteiger partial charge in [-0.3, -0.25) is 0 Å². The summed E-state index contributed by atoms with van der Waals surface area (Å²) < 4.78 is 6.36. The summed E-state index contributed by atoms with van der Waals surface area (Å²) in [5, 5.41) is 8.70. The third-order valence-electron chi connectivity index (χ3n) is 11.0. The Balaban J connectivity index is -0.000000813. The van der Waals surface area contributed by atoms with Crippen LogP contribution in [0.5, 0.6) is 0 Å². The van der Waals surface area contributed by atoms with Crippen LogP contribution in [0.25, 0.3) is 0 Å². The maximum absolute atomic E-state index is 6.36. The molecule has 0 aliphatic heterocycles. The number of hydrogen-bond acceptors (Lipinski definition) is 7. The molecule has 0 spiro atoms. The van der Waals surface area contributed by atoms with Gasteiger partial charge in [0.25, 0.3) is 0 Å². The number of nitrogen functional groups attached to an aromatic ring is 1. The second-order valence-corrected chi connectivity index (χ2v) is 20.5. The van der Waals surface area contributed by atoms with E-state index in [0.717, 1.165) is 41.9 Å². The number of hydrogen-bond donors (Lipinski definition) is 4. The fourth-order valence-electron chi connectivity index (χ4n) is 6.82. The summed E-state index contributed by atoms with van der Waals surface area (Å²) in [4.78, 5) is 0. The summed E-state index contributed by atoms with van der Waals surface area (Å²) >= 11 is 2.07. The van der Waals surface area contributed by atoms with Crippen molar-refractivity contribution in [1.82, 2.24) is 10.6 Å². The van der Waals surface area contributed by atoms with Crippen LogP contribution in [0.1, 0.15) is 229 Å². The molecular weight excluding hydrogens is 762 g/mol. The van der Waals surface area contributed by atoms with Crippen molar-refractivity contribution < 1.29 is 4.52 Å². The van der Waals surface area contributed by atoms with Gasteiger partial charge in [0, 0.05) is 12.7 Å². The zero-order valence-electron chi connectivity index (χ0n) is 41.9. The van der Waals surface area contributed by atoms with E-state index in [9.17, 15) is 0 Å². The molecule has 0 amide bonds. The second kappa shape index (κ2) is 51.8. The first-order valence-corrected chi connectivity index (χ1v) is 28.6. The summed E-state index contributed by atoms with van der Waals surface area (Å²) in [5.74, 6) is 8.60. The van der Waals surface area contributed by atoms with Crippen LogP contribution in [-0.4, -0.2) is 51.2 Å². The molecule has 0 saturated heterocycles. The molecule has 0 aliphatic carbocycles. The Labute approximate surface area is 377 Å². The maximum atomic E-state index is 6.36. The lowest BCUT2D eigenvalue weighted by atomic mass is 9.97. The van der Waals surface area contributed by atoms with E-state index in [0.29, 0.717) is 0 Å². The molecule has 0 aliphatic rings. The molecule has 0 radical (unpaired) electrons. The number of nitrogens with one attached hydrogen (secondary N) is 2. The molecule has 1 rings (SSSR count). The highest BCUT2D eigenvalue weighted by atomic mass is 32.7. The van der Waals surface area contributed by atoms with Gasteiger partial charge >= 0.3 is 0 Å². The van der Waals surface area contributed by atoms with E-state index in [1.165, 1.54) is 192 Å². The molecule has 0 fully saturated rings. The number of anilines is 2. The number of nitrogens with two attached hydrogens (primary N) is 2. The molecule has 6 N–H and O–H groups in total. The van der Waals surface area contributed by atoms with E-state index in [-0.39, 0.29) is 7.35 Å². The molecule has 1 aromatic rings. The van der Waals surface area contributed by atoms with Gasteiger partial charge in [-0.25, -0.2) is 5.84 Å². The summed E-state index contributed by atoms with van der Waals surface area (Å²) in [6, 6.07) is 5.86. The fraction of sp³-hybridized carbons (Fsp3) is 0.882. The Kier molecular flexibility index (Phi) is 55.1. The van der Waals surface area contributed by atoms with Gasteiger partial charge in [-0.2, -0.15) is 0 Å². The Bertz CT molecular complexity index is 888. The van der Waals surface area contributed by atoms with Crippen LogP contribution in [0.15, 0.2) is 18.2 Å². The van der Waals surface area contributed by atoms with Crippen LogP contribution >= 0.6 is 18.7 Å². The van der Waals surface area contributed by atoms with Gasteiger partial charge in [0.1, 0.15) is 0 Å². The van der Waals surface area contributed by atoms with E-state index >= 15 is 0 Å². The third kappa shape index (κ3) is 43.9. The van der Waals surface area contributed by atoms with Crippen molar-refractivity contribution in [2.24, 2.45) is 17.7 Å². The highest BCUT2D eigenvalue weighted by molar-refractivity contribution is 8.54. The quantitative estimate of drug-likeness (QED) is 0.0173. The summed E-state index contributed by atoms with van der Waals surface area (Å²) in [6.45, 7) is 30.6. The molecule has 3 atom stereocenters. The molecule has 6 nitrogen and oxygen atoms in total. The highest BCUT2D eigenvalue weighted by Gasteiger charge is 2.16. The van der Waals surface area contributed by atoms with Crippen LogP contribution in [0.4, 0.5) is 11.4 Å². The predicted octanol–water partition coefficient (Wildman–Crippen LogP) is 16.3. The molecule has 59 heavy (non-hydrogen) atoms. The van der Waals surface area contributed by atoms with Gasteiger partial charge in [-0.1, -0.05) is 190 Å². The van der Waals surface area contributed by atoms with Crippen molar-refractivity contribution in [3.8, 4) is 0 Å². The third-order valence-corrected chi connectivity index (χ3v) is 15.1. The van der Waals surface area contributed by atoms with E-state index in [1.54, 1.807) is 5.01 Å². The minimum Gasteiger partial charge on any atom is -0.397 e. The normalized spacial score (nSPS) is 12.3. The zero-order chi connectivity index (χ0) is 44.6. The lowest BCUT2D eigenvalue weighted by molar-refractivity contribution is 0.257.